The van der Waals surface area contributed by atoms with Crippen LogP contribution < -0.4 is 4.90 Å². The van der Waals surface area contributed by atoms with Crippen LogP contribution in [0, 0.1) is 11.8 Å². The largest absolute Gasteiger partial charge is 0.340 e. The summed E-state index contributed by atoms with van der Waals surface area (Å²) >= 11 is 6.04. The van der Waals surface area contributed by atoms with Crippen molar-refractivity contribution in [1.29, 1.82) is 0 Å². The standard InChI is InChI=1S/C22H16ClN/c23-20-9-5-6-17(16-20)12-13-18-7-1-3-10-21(18)24-15-14-19-8-2-4-11-22(19)24/h1-11,16H,14-15H2. The molecule has 0 aromatic heterocycles. The molecule has 0 amide bonds. The third-order valence-electron chi connectivity index (χ3n) is 4.25. The van der Waals surface area contributed by atoms with Gasteiger partial charge in [0.15, 0.2) is 0 Å². The summed E-state index contributed by atoms with van der Waals surface area (Å²) in [4.78, 5) is 2.36. The van der Waals surface area contributed by atoms with Crippen molar-refractivity contribution < 1.29 is 0 Å². The van der Waals surface area contributed by atoms with E-state index in [0.717, 1.165) is 29.8 Å². The van der Waals surface area contributed by atoms with E-state index in [0.29, 0.717) is 5.02 Å². The Kier molecular flexibility index (Phi) is 3.99. The molecule has 3 aromatic carbocycles. The Morgan fingerprint density at radius 1 is 0.792 bits per heavy atom. The lowest BCUT2D eigenvalue weighted by atomic mass is 10.1. The number of nitrogens with zero attached hydrogens (tertiary/aromatic N) is 1. The summed E-state index contributed by atoms with van der Waals surface area (Å²) in [7, 11) is 0. The Morgan fingerprint density at radius 2 is 1.58 bits per heavy atom. The summed E-state index contributed by atoms with van der Waals surface area (Å²) in [6.07, 6.45) is 1.08. The fourth-order valence-corrected chi connectivity index (χ4v) is 3.30. The lowest BCUT2D eigenvalue weighted by Crippen LogP contribution is -2.14. The SMILES string of the molecule is Clc1cccc(C#Cc2ccccc2N2CCc3ccccc32)c1. The summed E-state index contributed by atoms with van der Waals surface area (Å²) in [5, 5.41) is 0.712. The molecule has 1 aliphatic heterocycles. The first-order valence-electron chi connectivity index (χ1n) is 8.03. The molecular formula is C22H16ClN. The highest BCUT2D eigenvalue weighted by Crippen LogP contribution is 2.35. The molecule has 3 aromatic rings. The molecule has 1 aliphatic rings. The van der Waals surface area contributed by atoms with Gasteiger partial charge < -0.3 is 4.90 Å². The molecule has 0 spiro atoms. The van der Waals surface area contributed by atoms with Crippen LogP contribution in [0.3, 0.4) is 0 Å². The molecule has 1 nitrogen and oxygen atoms in total. The first-order chi connectivity index (χ1) is 11.8. The van der Waals surface area contributed by atoms with Crippen LogP contribution in [-0.2, 0) is 6.42 Å². The van der Waals surface area contributed by atoms with Gasteiger partial charge in [-0.3, -0.25) is 0 Å². The molecule has 0 radical (unpaired) electrons. The molecule has 116 valence electrons. The molecule has 0 fully saturated rings. The number of benzene rings is 3. The minimum Gasteiger partial charge on any atom is -0.340 e. The van der Waals surface area contributed by atoms with Crippen molar-refractivity contribution in [2.75, 3.05) is 11.4 Å². The number of hydrogen-bond donors (Lipinski definition) is 0. The fourth-order valence-electron chi connectivity index (χ4n) is 3.11. The molecule has 4 rings (SSSR count). The second kappa shape index (κ2) is 6.43. The number of hydrogen-bond acceptors (Lipinski definition) is 1. The van der Waals surface area contributed by atoms with Gasteiger partial charge in [-0.2, -0.15) is 0 Å². The first kappa shape index (κ1) is 14.9. The van der Waals surface area contributed by atoms with E-state index < -0.39 is 0 Å². The van der Waals surface area contributed by atoms with Crippen molar-refractivity contribution in [1.82, 2.24) is 0 Å². The molecule has 24 heavy (non-hydrogen) atoms. The molecule has 0 aliphatic carbocycles. The molecule has 0 bridgehead atoms. The highest BCUT2D eigenvalue weighted by atomic mass is 35.5. The molecule has 0 N–H and O–H groups in total. The molecule has 0 saturated carbocycles. The first-order valence-corrected chi connectivity index (χ1v) is 8.41. The summed E-state index contributed by atoms with van der Waals surface area (Å²) in [5.41, 5.74) is 5.81. The van der Waals surface area contributed by atoms with E-state index >= 15 is 0 Å². The average molecular weight is 330 g/mol. The van der Waals surface area contributed by atoms with Crippen molar-refractivity contribution >= 4 is 23.0 Å². The Bertz CT molecular complexity index is 949. The smallest absolute Gasteiger partial charge is 0.0570 e. The highest BCUT2D eigenvalue weighted by Gasteiger charge is 2.21. The topological polar surface area (TPSA) is 3.24 Å². The van der Waals surface area contributed by atoms with Crippen LogP contribution in [0.4, 0.5) is 11.4 Å². The number of para-hydroxylation sites is 2. The maximum absolute atomic E-state index is 6.04. The quantitative estimate of drug-likeness (QED) is 0.538. The van der Waals surface area contributed by atoms with Crippen LogP contribution in [0.25, 0.3) is 0 Å². The monoisotopic (exact) mass is 329 g/mol. The van der Waals surface area contributed by atoms with E-state index in [1.165, 1.54) is 11.3 Å². The van der Waals surface area contributed by atoms with Crippen molar-refractivity contribution in [3.05, 3.63) is 94.5 Å². The third-order valence-corrected chi connectivity index (χ3v) is 4.48. The van der Waals surface area contributed by atoms with Crippen molar-refractivity contribution in [3.63, 3.8) is 0 Å². The van der Waals surface area contributed by atoms with E-state index in [1.54, 1.807) is 0 Å². The van der Waals surface area contributed by atoms with Crippen molar-refractivity contribution in [2.24, 2.45) is 0 Å². The maximum atomic E-state index is 6.04. The lowest BCUT2D eigenvalue weighted by Gasteiger charge is -2.21. The Morgan fingerprint density at radius 3 is 2.46 bits per heavy atom. The summed E-state index contributed by atoms with van der Waals surface area (Å²) in [5.74, 6) is 6.54. The Labute approximate surface area is 147 Å². The predicted octanol–water partition coefficient (Wildman–Crippen LogP) is 5.43. The van der Waals surface area contributed by atoms with Gasteiger partial charge in [-0.05, 0) is 48.4 Å². The van der Waals surface area contributed by atoms with Crippen LogP contribution in [-0.4, -0.2) is 6.54 Å². The minimum atomic E-state index is 0.712. The van der Waals surface area contributed by atoms with E-state index in [9.17, 15) is 0 Å². The van der Waals surface area contributed by atoms with Gasteiger partial charge in [0.25, 0.3) is 0 Å². The van der Waals surface area contributed by atoms with Gasteiger partial charge in [-0.15, -0.1) is 0 Å². The molecule has 1 heterocycles. The van der Waals surface area contributed by atoms with Gasteiger partial charge in [0.2, 0.25) is 0 Å². The molecule has 0 unspecified atom stereocenters. The molecular weight excluding hydrogens is 314 g/mol. The second-order valence-corrected chi connectivity index (χ2v) is 6.24. The Hall–Kier alpha value is -2.69. The van der Waals surface area contributed by atoms with Crippen LogP contribution in [0.15, 0.2) is 72.8 Å². The molecule has 0 saturated heterocycles. The van der Waals surface area contributed by atoms with Crippen LogP contribution in [0.2, 0.25) is 5.02 Å². The van der Waals surface area contributed by atoms with Crippen LogP contribution in [0.1, 0.15) is 16.7 Å². The van der Waals surface area contributed by atoms with Gasteiger partial charge in [0.05, 0.1) is 5.69 Å². The van der Waals surface area contributed by atoms with E-state index in [2.05, 4.69) is 59.2 Å². The lowest BCUT2D eigenvalue weighted by molar-refractivity contribution is 0.997. The molecule has 0 atom stereocenters. The van der Waals surface area contributed by atoms with Gasteiger partial charge in [-0.1, -0.05) is 59.8 Å². The minimum absolute atomic E-state index is 0.712. The number of halogens is 1. The highest BCUT2D eigenvalue weighted by molar-refractivity contribution is 6.30. The van der Waals surface area contributed by atoms with Gasteiger partial charge in [0, 0.05) is 28.4 Å². The fraction of sp³-hybridized carbons (Fsp3) is 0.0909. The van der Waals surface area contributed by atoms with Crippen molar-refractivity contribution in [3.8, 4) is 11.8 Å². The Balaban J connectivity index is 1.73. The molecule has 2 heteroatoms. The zero-order valence-electron chi connectivity index (χ0n) is 13.2. The normalized spacial score (nSPS) is 12.5. The second-order valence-electron chi connectivity index (χ2n) is 5.81. The summed E-state index contributed by atoms with van der Waals surface area (Å²) < 4.78 is 0. The number of anilines is 2. The predicted molar refractivity (Wildman–Crippen MR) is 101 cm³/mol. The van der Waals surface area contributed by atoms with Gasteiger partial charge in [-0.25, -0.2) is 0 Å². The zero-order valence-corrected chi connectivity index (χ0v) is 13.9. The number of rotatable bonds is 1. The van der Waals surface area contributed by atoms with Crippen molar-refractivity contribution in [2.45, 2.75) is 6.42 Å². The zero-order chi connectivity index (χ0) is 16.4. The van der Waals surface area contributed by atoms with Gasteiger partial charge >= 0.3 is 0 Å². The van der Waals surface area contributed by atoms with E-state index in [4.69, 9.17) is 11.6 Å². The van der Waals surface area contributed by atoms with E-state index in [1.807, 2.05) is 30.3 Å². The van der Waals surface area contributed by atoms with Gasteiger partial charge in [0.1, 0.15) is 0 Å². The maximum Gasteiger partial charge on any atom is 0.0570 e. The summed E-state index contributed by atoms with van der Waals surface area (Å²) in [6.45, 7) is 0.995. The number of fused-ring (bicyclic) bond motifs is 1. The third kappa shape index (κ3) is 2.89. The van der Waals surface area contributed by atoms with Crippen LogP contribution >= 0.6 is 11.6 Å². The summed E-state index contributed by atoms with van der Waals surface area (Å²) in [6, 6.07) is 24.6. The van der Waals surface area contributed by atoms with E-state index in [-0.39, 0.29) is 0 Å². The van der Waals surface area contributed by atoms with Crippen LogP contribution in [0.5, 0.6) is 0 Å². The average Bonchev–Trinajstić information content (AvgIpc) is 3.04.